The topological polar surface area (TPSA) is 71.0 Å². The number of nitriles is 1. The van der Waals surface area contributed by atoms with Crippen LogP contribution in [0.3, 0.4) is 0 Å². The van der Waals surface area contributed by atoms with Gasteiger partial charge in [-0.3, -0.25) is 14.8 Å². The van der Waals surface area contributed by atoms with E-state index < -0.39 is 0 Å². The molecule has 2 aromatic carbocycles. The van der Waals surface area contributed by atoms with E-state index in [2.05, 4.69) is 107 Å². The molecule has 194 valence electrons. The number of hydrogen-bond acceptors (Lipinski definition) is 5. The quantitative estimate of drug-likeness (QED) is 0.301. The number of aryl methyl sites for hydroxylation is 2. The van der Waals surface area contributed by atoms with Gasteiger partial charge >= 0.3 is 0 Å². The second-order valence-electron chi connectivity index (χ2n) is 10.4. The molecule has 1 saturated heterocycles. The van der Waals surface area contributed by atoms with Crippen molar-refractivity contribution >= 4 is 34.4 Å². The van der Waals surface area contributed by atoms with Gasteiger partial charge in [0.25, 0.3) is 0 Å². The third kappa shape index (κ3) is 5.50. The molecule has 0 bridgehead atoms. The van der Waals surface area contributed by atoms with Crippen molar-refractivity contribution in [2.75, 3.05) is 31.5 Å². The maximum atomic E-state index is 9.88. The summed E-state index contributed by atoms with van der Waals surface area (Å²) in [5, 5.41) is 14.6. The number of nitrogens with one attached hydrogen (secondary N) is 2. The van der Waals surface area contributed by atoms with Crippen LogP contribution in [0.4, 0.5) is 11.4 Å². The highest BCUT2D eigenvalue weighted by atomic mass is 15.3. The van der Waals surface area contributed by atoms with Gasteiger partial charge in [-0.25, -0.2) is 0 Å². The van der Waals surface area contributed by atoms with Crippen LogP contribution in [-0.4, -0.2) is 52.0 Å². The van der Waals surface area contributed by atoms with E-state index in [0.717, 1.165) is 72.0 Å². The van der Waals surface area contributed by atoms with Crippen molar-refractivity contribution in [1.82, 2.24) is 19.8 Å². The Kier molecular flexibility index (Phi) is 7.59. The SMILES string of the molecule is Cc1ncc(C#N)c(Nc2ccc3[nH]ccc3c2C)c1C=Cc1cccc(CN2CCN(C(C)C)CC2)c1. The van der Waals surface area contributed by atoms with Crippen molar-refractivity contribution in [2.45, 2.75) is 40.3 Å². The Hall–Kier alpha value is -3.92. The molecule has 38 heavy (non-hydrogen) atoms. The van der Waals surface area contributed by atoms with Gasteiger partial charge in [-0.15, -0.1) is 0 Å². The van der Waals surface area contributed by atoms with Crippen molar-refractivity contribution in [2.24, 2.45) is 0 Å². The molecular weight excluding hydrogens is 468 g/mol. The lowest BCUT2D eigenvalue weighted by Crippen LogP contribution is -2.48. The maximum absolute atomic E-state index is 9.88. The molecule has 0 spiro atoms. The molecular formula is C32H36N6. The van der Waals surface area contributed by atoms with Crippen LogP contribution < -0.4 is 5.32 Å². The van der Waals surface area contributed by atoms with Gasteiger partial charge in [0.05, 0.1) is 11.3 Å². The molecule has 6 heteroatoms. The molecule has 0 saturated carbocycles. The highest BCUT2D eigenvalue weighted by molar-refractivity contribution is 5.90. The van der Waals surface area contributed by atoms with Crippen LogP contribution in [0.15, 0.2) is 54.9 Å². The monoisotopic (exact) mass is 504 g/mol. The van der Waals surface area contributed by atoms with Gasteiger partial charge in [0.2, 0.25) is 0 Å². The van der Waals surface area contributed by atoms with E-state index in [0.29, 0.717) is 11.6 Å². The fourth-order valence-electron chi connectivity index (χ4n) is 5.27. The summed E-state index contributed by atoms with van der Waals surface area (Å²) in [6, 6.07) is 17.9. The molecule has 2 aromatic heterocycles. The molecule has 0 amide bonds. The summed E-state index contributed by atoms with van der Waals surface area (Å²) in [4.78, 5) is 12.9. The van der Waals surface area contributed by atoms with E-state index >= 15 is 0 Å². The van der Waals surface area contributed by atoms with E-state index in [4.69, 9.17) is 0 Å². The van der Waals surface area contributed by atoms with E-state index in [9.17, 15) is 5.26 Å². The van der Waals surface area contributed by atoms with E-state index in [-0.39, 0.29) is 0 Å². The first-order chi connectivity index (χ1) is 18.4. The molecule has 1 aliphatic rings. The van der Waals surface area contributed by atoms with Gasteiger partial charge in [-0.05, 0) is 62.6 Å². The minimum Gasteiger partial charge on any atom is -0.361 e. The predicted molar refractivity (Wildman–Crippen MR) is 157 cm³/mol. The lowest BCUT2D eigenvalue weighted by atomic mass is 10.0. The van der Waals surface area contributed by atoms with Crippen molar-refractivity contribution in [3.05, 3.63) is 88.4 Å². The summed E-state index contributed by atoms with van der Waals surface area (Å²) in [5.74, 6) is 0. The molecule has 0 aliphatic carbocycles. The highest BCUT2D eigenvalue weighted by Crippen LogP contribution is 2.32. The number of H-pyrrole nitrogens is 1. The summed E-state index contributed by atoms with van der Waals surface area (Å²) < 4.78 is 0. The molecule has 1 aliphatic heterocycles. The van der Waals surface area contributed by atoms with Crippen molar-refractivity contribution < 1.29 is 0 Å². The van der Waals surface area contributed by atoms with Crippen LogP contribution >= 0.6 is 0 Å². The second kappa shape index (κ2) is 11.2. The standard InChI is InChI=1S/C32H36N6/c1-22(2)38-16-14-37(15-17-38)21-26-7-5-6-25(18-26)8-9-29-24(4)35-20-27(19-33)32(29)36-30-10-11-31-28(23(30)3)12-13-34-31/h5-13,18,20,22,34H,14-17,21H2,1-4H3,(H,35,36). The smallest absolute Gasteiger partial charge is 0.103 e. The van der Waals surface area contributed by atoms with Gasteiger partial charge in [0, 0.05) is 79.0 Å². The minimum absolute atomic E-state index is 0.526. The normalized spacial score (nSPS) is 14.9. The largest absolute Gasteiger partial charge is 0.361 e. The lowest BCUT2D eigenvalue weighted by Gasteiger charge is -2.37. The Morgan fingerprint density at radius 3 is 2.66 bits per heavy atom. The number of aromatic nitrogens is 2. The lowest BCUT2D eigenvalue weighted by molar-refractivity contribution is 0.104. The first-order valence-corrected chi connectivity index (χ1v) is 13.4. The van der Waals surface area contributed by atoms with Crippen LogP contribution in [-0.2, 0) is 6.54 Å². The van der Waals surface area contributed by atoms with Crippen LogP contribution in [0.5, 0.6) is 0 Å². The number of pyridine rings is 1. The van der Waals surface area contributed by atoms with Crippen LogP contribution in [0.2, 0.25) is 0 Å². The number of benzene rings is 2. The average Bonchev–Trinajstić information content (AvgIpc) is 3.40. The molecule has 0 unspecified atom stereocenters. The molecule has 2 N–H and O–H groups in total. The Bertz CT molecular complexity index is 1500. The zero-order valence-electron chi connectivity index (χ0n) is 22.8. The number of hydrogen-bond donors (Lipinski definition) is 2. The molecule has 3 heterocycles. The molecule has 6 nitrogen and oxygen atoms in total. The summed E-state index contributed by atoms with van der Waals surface area (Å²) in [7, 11) is 0. The maximum Gasteiger partial charge on any atom is 0.103 e. The zero-order valence-corrected chi connectivity index (χ0v) is 22.8. The molecule has 0 radical (unpaired) electrons. The Morgan fingerprint density at radius 1 is 1.08 bits per heavy atom. The van der Waals surface area contributed by atoms with E-state index in [1.165, 1.54) is 10.9 Å². The molecule has 0 atom stereocenters. The van der Waals surface area contributed by atoms with Gasteiger partial charge in [0.1, 0.15) is 6.07 Å². The number of rotatable bonds is 7. The van der Waals surface area contributed by atoms with E-state index in [1.54, 1.807) is 6.20 Å². The molecule has 1 fully saturated rings. The van der Waals surface area contributed by atoms with E-state index in [1.807, 2.05) is 13.1 Å². The number of anilines is 2. The highest BCUT2D eigenvalue weighted by Gasteiger charge is 2.19. The summed E-state index contributed by atoms with van der Waals surface area (Å²) in [6.45, 7) is 14.1. The number of piperazine rings is 1. The zero-order chi connectivity index (χ0) is 26.6. The van der Waals surface area contributed by atoms with Gasteiger partial charge in [0.15, 0.2) is 0 Å². The molecule has 4 aromatic rings. The first kappa shape index (κ1) is 25.7. The predicted octanol–water partition coefficient (Wildman–Crippen LogP) is 6.49. The summed E-state index contributed by atoms with van der Waals surface area (Å²) in [6.07, 6.45) is 7.81. The van der Waals surface area contributed by atoms with Crippen molar-refractivity contribution in [3.63, 3.8) is 0 Å². The Labute approximate surface area is 225 Å². The fourth-order valence-corrected chi connectivity index (χ4v) is 5.27. The third-order valence-electron chi connectivity index (χ3n) is 7.64. The average molecular weight is 505 g/mol. The Balaban J connectivity index is 1.38. The number of fused-ring (bicyclic) bond motifs is 1. The van der Waals surface area contributed by atoms with Crippen molar-refractivity contribution in [3.8, 4) is 6.07 Å². The number of nitrogens with zero attached hydrogens (tertiary/aromatic N) is 4. The van der Waals surface area contributed by atoms with Crippen LogP contribution in [0.1, 0.15) is 47.4 Å². The second-order valence-corrected chi connectivity index (χ2v) is 10.4. The van der Waals surface area contributed by atoms with Gasteiger partial charge < -0.3 is 10.3 Å². The molecule has 5 rings (SSSR count). The minimum atomic E-state index is 0.526. The third-order valence-corrected chi connectivity index (χ3v) is 7.64. The Morgan fingerprint density at radius 2 is 1.89 bits per heavy atom. The van der Waals surface area contributed by atoms with Crippen LogP contribution in [0.25, 0.3) is 23.1 Å². The van der Waals surface area contributed by atoms with Gasteiger partial charge in [-0.2, -0.15) is 5.26 Å². The van der Waals surface area contributed by atoms with Crippen molar-refractivity contribution in [1.29, 1.82) is 5.26 Å². The van der Waals surface area contributed by atoms with Crippen LogP contribution in [0, 0.1) is 25.2 Å². The first-order valence-electron chi connectivity index (χ1n) is 13.4. The fraction of sp³-hybridized carbons (Fsp3) is 0.312. The number of aromatic amines is 1. The summed E-state index contributed by atoms with van der Waals surface area (Å²) in [5.41, 5.74) is 8.79. The van der Waals surface area contributed by atoms with Gasteiger partial charge in [-0.1, -0.05) is 36.4 Å². The summed E-state index contributed by atoms with van der Waals surface area (Å²) >= 11 is 0.